The zero-order valence-electron chi connectivity index (χ0n) is 8.58. The number of hydrogen-bond donors (Lipinski definition) is 1. The van der Waals surface area contributed by atoms with Gasteiger partial charge >= 0.3 is 0 Å². The zero-order valence-corrected chi connectivity index (χ0v) is 8.58. The van der Waals surface area contributed by atoms with Crippen LogP contribution in [-0.2, 0) is 0 Å². The molecule has 0 saturated heterocycles. The van der Waals surface area contributed by atoms with Crippen molar-refractivity contribution in [1.29, 1.82) is 5.26 Å². The van der Waals surface area contributed by atoms with Crippen molar-refractivity contribution < 1.29 is 5.11 Å². The Bertz CT molecular complexity index is 195. The maximum atomic E-state index is 9.62. The molecule has 2 heteroatoms. The lowest BCUT2D eigenvalue weighted by atomic mass is 9.71. The summed E-state index contributed by atoms with van der Waals surface area (Å²) in [6.07, 6.45) is 4.43. The van der Waals surface area contributed by atoms with Crippen molar-refractivity contribution in [3.05, 3.63) is 0 Å². The lowest BCUT2D eigenvalue weighted by Gasteiger charge is -2.35. The highest BCUT2D eigenvalue weighted by Gasteiger charge is 2.30. The van der Waals surface area contributed by atoms with Crippen LogP contribution in [0.2, 0.25) is 0 Å². The van der Waals surface area contributed by atoms with E-state index in [0.29, 0.717) is 17.8 Å². The number of nitriles is 1. The molecule has 0 radical (unpaired) electrons. The van der Waals surface area contributed by atoms with Crippen LogP contribution in [0.5, 0.6) is 0 Å². The Hall–Kier alpha value is -0.550. The van der Waals surface area contributed by atoms with E-state index in [4.69, 9.17) is 5.26 Å². The summed E-state index contributed by atoms with van der Waals surface area (Å²) in [4.78, 5) is 0. The summed E-state index contributed by atoms with van der Waals surface area (Å²) in [5.74, 6) is 0.368. The van der Waals surface area contributed by atoms with E-state index in [9.17, 15) is 5.11 Å². The molecule has 0 aromatic carbocycles. The lowest BCUT2D eigenvalue weighted by molar-refractivity contribution is 0.0605. The molecule has 1 fully saturated rings. The summed E-state index contributed by atoms with van der Waals surface area (Å²) in [6.45, 7) is 4.56. The van der Waals surface area contributed by atoms with E-state index >= 15 is 0 Å². The summed E-state index contributed by atoms with van der Waals surface area (Å²) in [7, 11) is 0. The first-order valence-corrected chi connectivity index (χ1v) is 5.10. The molecule has 0 spiro atoms. The Morgan fingerprint density at radius 2 is 2.00 bits per heavy atom. The van der Waals surface area contributed by atoms with Gasteiger partial charge in [-0.25, -0.2) is 0 Å². The number of rotatable bonds is 2. The molecule has 1 saturated carbocycles. The highest BCUT2D eigenvalue weighted by Crippen LogP contribution is 2.39. The van der Waals surface area contributed by atoms with Crippen LogP contribution in [0.4, 0.5) is 0 Å². The molecule has 0 aromatic heterocycles. The van der Waals surface area contributed by atoms with Gasteiger partial charge in [-0.15, -0.1) is 0 Å². The van der Waals surface area contributed by atoms with Gasteiger partial charge in [0, 0.05) is 0 Å². The van der Waals surface area contributed by atoms with Crippen LogP contribution in [0.25, 0.3) is 0 Å². The van der Waals surface area contributed by atoms with Crippen molar-refractivity contribution in [2.24, 2.45) is 11.3 Å². The third-order valence-electron chi connectivity index (χ3n) is 3.23. The second-order valence-electron chi connectivity index (χ2n) is 4.93. The van der Waals surface area contributed by atoms with Crippen LogP contribution < -0.4 is 0 Å². The highest BCUT2D eigenvalue weighted by molar-refractivity contribution is 4.85. The second-order valence-corrected chi connectivity index (χ2v) is 4.93. The van der Waals surface area contributed by atoms with Crippen molar-refractivity contribution >= 4 is 0 Å². The molecule has 2 nitrogen and oxygen atoms in total. The molecule has 0 aromatic rings. The van der Waals surface area contributed by atoms with Crippen molar-refractivity contribution in [2.45, 2.75) is 52.1 Å². The maximum absolute atomic E-state index is 9.62. The Kier molecular flexibility index (Phi) is 3.33. The van der Waals surface area contributed by atoms with Crippen LogP contribution >= 0.6 is 0 Å². The van der Waals surface area contributed by atoms with Gasteiger partial charge in [0.15, 0.2) is 0 Å². The number of aliphatic hydroxyl groups is 1. The average molecular weight is 181 g/mol. The Labute approximate surface area is 80.6 Å². The van der Waals surface area contributed by atoms with Crippen LogP contribution in [0.15, 0.2) is 0 Å². The molecular weight excluding hydrogens is 162 g/mol. The standard InChI is InChI=1S/C11H19NO/c1-11(2)6-3-9(4-7-11)10(13)5-8-12/h9-10,13H,3-7H2,1-2H3. The first-order chi connectivity index (χ1) is 6.05. The van der Waals surface area contributed by atoms with Gasteiger partial charge in [0.05, 0.1) is 18.6 Å². The fourth-order valence-corrected chi connectivity index (χ4v) is 2.07. The summed E-state index contributed by atoms with van der Waals surface area (Å²) < 4.78 is 0. The molecule has 0 aliphatic heterocycles. The van der Waals surface area contributed by atoms with Crippen LogP contribution in [0, 0.1) is 22.7 Å². The molecule has 0 heterocycles. The molecule has 0 amide bonds. The Balaban J connectivity index is 2.37. The minimum absolute atomic E-state index is 0.297. The minimum atomic E-state index is -0.388. The van der Waals surface area contributed by atoms with Gasteiger partial charge in [0.25, 0.3) is 0 Å². The highest BCUT2D eigenvalue weighted by atomic mass is 16.3. The summed E-state index contributed by atoms with van der Waals surface area (Å²) in [5, 5.41) is 18.1. The van der Waals surface area contributed by atoms with Gasteiger partial charge in [0.1, 0.15) is 0 Å². The second kappa shape index (κ2) is 4.11. The molecule has 13 heavy (non-hydrogen) atoms. The average Bonchev–Trinajstić information content (AvgIpc) is 2.04. The van der Waals surface area contributed by atoms with E-state index in [0.717, 1.165) is 12.8 Å². The minimum Gasteiger partial charge on any atom is -0.392 e. The van der Waals surface area contributed by atoms with Crippen LogP contribution in [-0.4, -0.2) is 11.2 Å². The largest absolute Gasteiger partial charge is 0.392 e. The van der Waals surface area contributed by atoms with Crippen LogP contribution in [0.3, 0.4) is 0 Å². The molecule has 1 aliphatic rings. The third kappa shape index (κ3) is 3.00. The normalized spacial score (nSPS) is 25.1. The molecule has 1 rings (SSSR count). The molecule has 1 atom stereocenters. The van der Waals surface area contributed by atoms with Gasteiger partial charge < -0.3 is 5.11 Å². The zero-order chi connectivity index (χ0) is 9.90. The Morgan fingerprint density at radius 3 is 2.46 bits per heavy atom. The smallest absolute Gasteiger partial charge is 0.0698 e. The molecule has 74 valence electrons. The number of aliphatic hydroxyl groups excluding tert-OH is 1. The van der Waals surface area contributed by atoms with Gasteiger partial charge in [0.2, 0.25) is 0 Å². The third-order valence-corrected chi connectivity index (χ3v) is 3.23. The summed E-state index contributed by atoms with van der Waals surface area (Å²) in [6, 6.07) is 2.04. The van der Waals surface area contributed by atoms with Gasteiger partial charge in [-0.05, 0) is 37.0 Å². The SMILES string of the molecule is CC1(C)CCC(C(O)CC#N)CC1. The quantitative estimate of drug-likeness (QED) is 0.711. The molecule has 1 N–H and O–H groups in total. The van der Waals surface area contributed by atoms with E-state index < -0.39 is 0 Å². The van der Waals surface area contributed by atoms with E-state index in [1.165, 1.54) is 12.8 Å². The topological polar surface area (TPSA) is 44.0 Å². The lowest BCUT2D eigenvalue weighted by Crippen LogP contribution is -2.28. The molecule has 0 bridgehead atoms. The predicted octanol–water partition coefficient (Wildman–Crippen LogP) is 2.48. The van der Waals surface area contributed by atoms with Crippen molar-refractivity contribution in [2.75, 3.05) is 0 Å². The number of nitrogens with zero attached hydrogens (tertiary/aromatic N) is 1. The Morgan fingerprint density at radius 1 is 1.46 bits per heavy atom. The van der Waals surface area contributed by atoms with Crippen molar-refractivity contribution in [1.82, 2.24) is 0 Å². The summed E-state index contributed by atoms with van der Waals surface area (Å²) >= 11 is 0. The van der Waals surface area contributed by atoms with Crippen molar-refractivity contribution in [3.8, 4) is 6.07 Å². The summed E-state index contributed by atoms with van der Waals surface area (Å²) in [5.41, 5.74) is 0.447. The molecule has 1 aliphatic carbocycles. The fourth-order valence-electron chi connectivity index (χ4n) is 2.07. The fraction of sp³-hybridized carbons (Fsp3) is 0.909. The van der Waals surface area contributed by atoms with E-state index in [2.05, 4.69) is 13.8 Å². The molecular formula is C11H19NO. The van der Waals surface area contributed by atoms with Crippen molar-refractivity contribution in [3.63, 3.8) is 0 Å². The first kappa shape index (κ1) is 10.5. The van der Waals surface area contributed by atoms with Gasteiger partial charge in [-0.3, -0.25) is 0 Å². The first-order valence-electron chi connectivity index (χ1n) is 5.10. The monoisotopic (exact) mass is 181 g/mol. The van der Waals surface area contributed by atoms with E-state index in [1.54, 1.807) is 0 Å². The predicted molar refractivity (Wildman–Crippen MR) is 52.0 cm³/mol. The van der Waals surface area contributed by atoms with Gasteiger partial charge in [-0.1, -0.05) is 13.8 Å². The van der Waals surface area contributed by atoms with Gasteiger partial charge in [-0.2, -0.15) is 5.26 Å². The van der Waals surface area contributed by atoms with E-state index in [-0.39, 0.29) is 6.10 Å². The maximum Gasteiger partial charge on any atom is 0.0698 e. The number of hydrogen-bond acceptors (Lipinski definition) is 2. The van der Waals surface area contributed by atoms with E-state index in [1.807, 2.05) is 6.07 Å². The molecule has 1 unspecified atom stereocenters. The van der Waals surface area contributed by atoms with Crippen LogP contribution in [0.1, 0.15) is 46.0 Å².